The molecule has 0 aromatic rings. The summed E-state index contributed by atoms with van der Waals surface area (Å²) in [4.78, 5) is 13.4. The number of allylic oxidation sites excluding steroid dienone is 7. The zero-order valence-corrected chi connectivity index (χ0v) is 70.4. The molecule has 2 aliphatic heterocycles. The van der Waals surface area contributed by atoms with Crippen molar-refractivity contribution in [2.45, 2.75) is 524 Å². The SMILES string of the molecule is CCCCCCCCCC/C=C\CCCCCCCCCCCCCCCCCCCCCCCCCCCCCCCC(=O)NC(COC1OC(CO)C(OC2OC(CO)C(O)C(O)C2O)C(O)C1O)C(O)/C=C/CC/C=C/CC/C=C/CCCCCCCCCCCCCCCCCCCCCCCCC. The topological polar surface area (TPSA) is 228 Å². The lowest BCUT2D eigenvalue weighted by atomic mass is 9.97. The normalized spacial score (nSPS) is 21.3. The lowest BCUT2D eigenvalue weighted by Crippen LogP contribution is -2.65. The predicted molar refractivity (Wildman–Crippen MR) is 452 cm³/mol. The van der Waals surface area contributed by atoms with E-state index in [9.17, 15) is 45.6 Å². The Kier molecular flexibility index (Phi) is 73.2. The molecule has 12 unspecified atom stereocenters. The second-order valence-electron chi connectivity index (χ2n) is 33.1. The summed E-state index contributed by atoms with van der Waals surface area (Å²) in [6, 6.07) is -0.940. The van der Waals surface area contributed by atoms with Gasteiger partial charge in [0, 0.05) is 6.42 Å². The Labute approximate surface area is 664 Å². The highest BCUT2D eigenvalue weighted by Gasteiger charge is 2.51. The number of aliphatic hydroxyl groups excluding tert-OH is 8. The molecule has 12 atom stereocenters. The van der Waals surface area contributed by atoms with Crippen LogP contribution >= 0.6 is 0 Å². The second-order valence-corrected chi connectivity index (χ2v) is 33.1. The van der Waals surface area contributed by atoms with E-state index in [-0.39, 0.29) is 18.9 Å². The first kappa shape index (κ1) is 102. The summed E-state index contributed by atoms with van der Waals surface area (Å²) < 4.78 is 22.9. The third-order valence-electron chi connectivity index (χ3n) is 23.0. The molecule has 2 aliphatic rings. The minimum absolute atomic E-state index is 0.244. The average Bonchev–Trinajstić information content (AvgIpc) is 0.789. The molecule has 0 spiro atoms. The molecule has 0 aromatic heterocycles. The van der Waals surface area contributed by atoms with Crippen molar-refractivity contribution in [1.29, 1.82) is 0 Å². The molecule has 2 rings (SSSR count). The van der Waals surface area contributed by atoms with E-state index in [0.717, 1.165) is 44.9 Å². The Bertz CT molecular complexity index is 2000. The van der Waals surface area contributed by atoms with E-state index >= 15 is 0 Å². The number of hydrogen-bond acceptors (Lipinski definition) is 13. The third kappa shape index (κ3) is 58.7. The summed E-state index contributed by atoms with van der Waals surface area (Å²) in [6.45, 7) is 2.85. The van der Waals surface area contributed by atoms with Crippen LogP contribution in [0.2, 0.25) is 0 Å². The van der Waals surface area contributed by atoms with Gasteiger partial charge in [-0.1, -0.05) is 422 Å². The van der Waals surface area contributed by atoms with Gasteiger partial charge in [0.05, 0.1) is 32.0 Å². The zero-order valence-electron chi connectivity index (χ0n) is 70.4. The van der Waals surface area contributed by atoms with Crippen LogP contribution in [0.3, 0.4) is 0 Å². The van der Waals surface area contributed by atoms with Crippen molar-refractivity contribution in [3.8, 4) is 0 Å². The summed E-state index contributed by atoms with van der Waals surface area (Å²) in [6.07, 6.45) is 89.8. The van der Waals surface area contributed by atoms with E-state index in [1.165, 1.54) is 372 Å². The summed E-state index contributed by atoms with van der Waals surface area (Å²) in [5.74, 6) is -0.244. The fourth-order valence-electron chi connectivity index (χ4n) is 15.6. The largest absolute Gasteiger partial charge is 0.394 e. The molecule has 2 heterocycles. The van der Waals surface area contributed by atoms with Crippen LogP contribution < -0.4 is 5.32 Å². The zero-order chi connectivity index (χ0) is 77.9. The maximum atomic E-state index is 13.4. The molecule has 2 fully saturated rings. The van der Waals surface area contributed by atoms with Crippen molar-refractivity contribution in [2.24, 2.45) is 0 Å². The molecular weight excluding hydrogens is 1350 g/mol. The number of rotatable bonds is 81. The van der Waals surface area contributed by atoms with Gasteiger partial charge in [-0.25, -0.2) is 0 Å². The second kappa shape index (κ2) is 77.5. The van der Waals surface area contributed by atoms with Crippen molar-refractivity contribution >= 4 is 5.91 Å². The Morgan fingerprint density at radius 3 is 0.907 bits per heavy atom. The molecule has 0 aromatic carbocycles. The third-order valence-corrected chi connectivity index (χ3v) is 23.0. The first-order chi connectivity index (χ1) is 53.1. The number of carbonyl (C=O) groups excluding carboxylic acids is 1. The van der Waals surface area contributed by atoms with Crippen LogP contribution in [0.25, 0.3) is 0 Å². The number of amides is 1. The Morgan fingerprint density at radius 2 is 0.593 bits per heavy atom. The summed E-state index contributed by atoms with van der Waals surface area (Å²) in [5.41, 5.74) is 0. The smallest absolute Gasteiger partial charge is 0.220 e. The average molecular weight is 1530 g/mol. The number of nitrogens with one attached hydrogen (secondary N) is 1. The highest BCUT2D eigenvalue weighted by atomic mass is 16.7. The van der Waals surface area contributed by atoms with Crippen LogP contribution in [0.1, 0.15) is 450 Å². The highest BCUT2D eigenvalue weighted by Crippen LogP contribution is 2.31. The van der Waals surface area contributed by atoms with Crippen molar-refractivity contribution in [3.05, 3.63) is 48.6 Å². The lowest BCUT2D eigenvalue weighted by molar-refractivity contribution is -0.359. The minimum Gasteiger partial charge on any atom is -0.394 e. The van der Waals surface area contributed by atoms with Gasteiger partial charge in [-0.15, -0.1) is 0 Å². The number of carbonyl (C=O) groups is 1. The van der Waals surface area contributed by atoms with Crippen LogP contribution in [-0.2, 0) is 23.7 Å². The van der Waals surface area contributed by atoms with E-state index in [2.05, 4.69) is 55.6 Å². The van der Waals surface area contributed by atoms with E-state index in [0.29, 0.717) is 12.8 Å². The summed E-state index contributed by atoms with van der Waals surface area (Å²) >= 11 is 0. The van der Waals surface area contributed by atoms with Crippen molar-refractivity contribution < 1.29 is 64.6 Å². The summed E-state index contributed by atoms with van der Waals surface area (Å²) in [5, 5.41) is 87.9. The van der Waals surface area contributed by atoms with E-state index in [1.807, 2.05) is 6.08 Å². The first-order valence-electron chi connectivity index (χ1n) is 46.9. The fraction of sp³-hybridized carbons (Fsp3) is 0.904. The molecule has 0 aliphatic carbocycles. The fourth-order valence-corrected chi connectivity index (χ4v) is 15.6. The van der Waals surface area contributed by atoms with Crippen LogP contribution in [0.15, 0.2) is 48.6 Å². The Hall–Kier alpha value is -2.05. The lowest BCUT2D eigenvalue weighted by Gasteiger charge is -2.46. The van der Waals surface area contributed by atoms with E-state index < -0.39 is 86.8 Å². The van der Waals surface area contributed by atoms with Gasteiger partial charge in [0.2, 0.25) is 5.91 Å². The van der Waals surface area contributed by atoms with Crippen LogP contribution in [0, 0.1) is 0 Å². The monoisotopic (exact) mass is 1530 g/mol. The van der Waals surface area contributed by atoms with E-state index in [1.54, 1.807) is 6.08 Å². The van der Waals surface area contributed by atoms with Crippen molar-refractivity contribution in [3.63, 3.8) is 0 Å². The number of ether oxygens (including phenoxy) is 4. The molecule has 0 radical (unpaired) electrons. The molecule has 0 bridgehead atoms. The van der Waals surface area contributed by atoms with Crippen LogP contribution in [0.5, 0.6) is 0 Å². The van der Waals surface area contributed by atoms with Gasteiger partial charge in [-0.05, 0) is 70.6 Å². The number of unbranched alkanes of at least 4 members (excludes halogenated alkanes) is 62. The molecular formula is C94H177NO13. The standard InChI is InChI=1S/C94H177NO13/c1-3-5-7-9-11-13-15-17-19-21-23-25-27-29-31-33-35-37-38-39-40-41-42-43-44-46-48-50-52-54-56-58-60-62-64-66-68-70-72-74-76-78-86(99)95-82(81-105-93-91(104)89(102)92(85(80-97)107-93)108-94-90(103)88(101)87(100)84(79-96)106-94)83(98)77-75-73-71-69-67-65-63-61-59-57-55-53-51-49-47-45-36-34-32-30-28-26-24-22-20-18-16-14-12-10-8-6-4-2/h21,23,59,61,67,69,75,77,82-85,87-94,96-98,100-104H,3-20,22,24-58,60,62-66,68,70-74,76,78-81H2,1-2H3,(H,95,99)/b23-21-,61-59+,69-67+,77-75+. The quantitative estimate of drug-likeness (QED) is 0.0204. The van der Waals surface area contributed by atoms with Crippen molar-refractivity contribution in [1.82, 2.24) is 5.32 Å². The maximum Gasteiger partial charge on any atom is 0.220 e. The van der Waals surface area contributed by atoms with Gasteiger partial charge in [0.1, 0.15) is 48.8 Å². The van der Waals surface area contributed by atoms with Crippen molar-refractivity contribution in [2.75, 3.05) is 19.8 Å². The molecule has 14 nitrogen and oxygen atoms in total. The molecule has 9 N–H and O–H groups in total. The molecule has 0 saturated carbocycles. The van der Waals surface area contributed by atoms with Gasteiger partial charge in [0.15, 0.2) is 12.6 Å². The van der Waals surface area contributed by atoms with Crippen LogP contribution in [0.4, 0.5) is 0 Å². The molecule has 14 heteroatoms. The van der Waals surface area contributed by atoms with Crippen LogP contribution in [-0.4, -0.2) is 140 Å². The predicted octanol–water partition coefficient (Wildman–Crippen LogP) is 23.3. The molecule has 636 valence electrons. The number of hydrogen-bond donors (Lipinski definition) is 9. The minimum atomic E-state index is -1.79. The Balaban J connectivity index is 1.56. The maximum absolute atomic E-state index is 13.4. The molecule has 1 amide bonds. The van der Waals surface area contributed by atoms with Gasteiger partial charge in [0.25, 0.3) is 0 Å². The first-order valence-corrected chi connectivity index (χ1v) is 46.9. The molecule has 108 heavy (non-hydrogen) atoms. The van der Waals surface area contributed by atoms with Gasteiger partial charge in [-0.3, -0.25) is 4.79 Å². The molecule has 2 saturated heterocycles. The number of aliphatic hydroxyl groups is 8. The highest BCUT2D eigenvalue weighted by molar-refractivity contribution is 5.76. The Morgan fingerprint density at radius 1 is 0.324 bits per heavy atom. The van der Waals surface area contributed by atoms with Gasteiger partial charge < -0.3 is 65.1 Å². The summed E-state index contributed by atoms with van der Waals surface area (Å²) in [7, 11) is 0. The van der Waals surface area contributed by atoms with Gasteiger partial charge in [-0.2, -0.15) is 0 Å². The van der Waals surface area contributed by atoms with E-state index in [4.69, 9.17) is 18.9 Å². The van der Waals surface area contributed by atoms with Gasteiger partial charge >= 0.3 is 0 Å².